The van der Waals surface area contributed by atoms with Crippen molar-refractivity contribution < 1.29 is 13.2 Å². The van der Waals surface area contributed by atoms with E-state index in [0.717, 1.165) is 6.26 Å². The lowest BCUT2D eigenvalue weighted by Crippen LogP contribution is -2.06. The van der Waals surface area contributed by atoms with Gasteiger partial charge in [-0.2, -0.15) is 0 Å². The predicted octanol–water partition coefficient (Wildman–Crippen LogP) is 3.21. The fraction of sp³-hybridized carbons (Fsp3) is 0.0714. The molecule has 0 spiro atoms. The fourth-order valence-corrected chi connectivity index (χ4v) is 2.86. The van der Waals surface area contributed by atoms with Crippen LogP contribution in [0.5, 0.6) is 0 Å². The molecule has 0 aliphatic rings. The topological polar surface area (TPSA) is 77.2 Å². The molecule has 0 radical (unpaired) electrons. The number of hydrogen-bond donors (Lipinski definition) is 1. The van der Waals surface area contributed by atoms with Crippen LogP contribution in [0.1, 0.15) is 15.9 Å². The van der Waals surface area contributed by atoms with E-state index in [1.54, 1.807) is 6.07 Å². The van der Waals surface area contributed by atoms with Crippen LogP contribution < -0.4 is 5.73 Å². The van der Waals surface area contributed by atoms with Gasteiger partial charge >= 0.3 is 0 Å². The van der Waals surface area contributed by atoms with Crippen LogP contribution in [0.2, 0.25) is 10.0 Å². The van der Waals surface area contributed by atoms with Gasteiger partial charge < -0.3 is 5.73 Å². The Kier molecular flexibility index (Phi) is 4.27. The third-order valence-corrected chi connectivity index (χ3v) is 4.45. The van der Waals surface area contributed by atoms with Crippen LogP contribution in [-0.2, 0) is 9.84 Å². The Morgan fingerprint density at radius 3 is 2.38 bits per heavy atom. The fourth-order valence-electron chi connectivity index (χ4n) is 1.79. The van der Waals surface area contributed by atoms with Gasteiger partial charge in [-0.3, -0.25) is 4.79 Å². The molecule has 0 unspecified atom stereocenters. The minimum absolute atomic E-state index is 0.0241. The maximum absolute atomic E-state index is 12.5. The van der Waals surface area contributed by atoms with E-state index in [1.807, 2.05) is 0 Å². The van der Waals surface area contributed by atoms with Crippen LogP contribution in [0.4, 0.5) is 5.69 Å². The Bertz CT molecular complexity index is 832. The molecule has 0 aliphatic heterocycles. The second-order valence-corrected chi connectivity index (χ2v) is 7.38. The van der Waals surface area contributed by atoms with Gasteiger partial charge in [0.2, 0.25) is 0 Å². The van der Waals surface area contributed by atoms with E-state index in [1.165, 1.54) is 30.3 Å². The normalized spacial score (nSPS) is 11.4. The second kappa shape index (κ2) is 5.67. The molecule has 2 aromatic rings. The standard InChI is InChI=1S/C14H11Cl2NO3S/c1-21(19,20)11-5-8(4-10(17)7-11)14(18)12-6-9(15)2-3-13(12)16/h2-7H,17H2,1H3. The highest BCUT2D eigenvalue weighted by molar-refractivity contribution is 7.90. The number of carbonyl (C=O) groups is 1. The van der Waals surface area contributed by atoms with Crippen molar-refractivity contribution in [2.24, 2.45) is 0 Å². The molecule has 7 heteroatoms. The number of ketones is 1. The number of anilines is 1. The summed E-state index contributed by atoms with van der Waals surface area (Å²) in [7, 11) is -3.47. The van der Waals surface area contributed by atoms with Crippen molar-refractivity contribution in [1.29, 1.82) is 0 Å². The molecule has 0 aromatic heterocycles. The molecule has 0 amide bonds. The first kappa shape index (κ1) is 15.8. The summed E-state index contributed by atoms with van der Waals surface area (Å²) in [5.41, 5.74) is 6.17. The Morgan fingerprint density at radius 2 is 1.76 bits per heavy atom. The van der Waals surface area contributed by atoms with E-state index in [9.17, 15) is 13.2 Å². The number of hydrogen-bond acceptors (Lipinski definition) is 4. The Hall–Kier alpha value is -1.56. The summed E-state index contributed by atoms with van der Waals surface area (Å²) in [6, 6.07) is 8.45. The van der Waals surface area contributed by atoms with Crippen molar-refractivity contribution in [3.8, 4) is 0 Å². The number of nitrogen functional groups attached to an aromatic ring is 1. The van der Waals surface area contributed by atoms with Gasteiger partial charge in [0.05, 0.1) is 9.92 Å². The van der Waals surface area contributed by atoms with Gasteiger partial charge in [-0.15, -0.1) is 0 Å². The molecule has 2 N–H and O–H groups in total. The molecule has 0 saturated carbocycles. The van der Waals surface area contributed by atoms with Crippen molar-refractivity contribution in [2.75, 3.05) is 12.0 Å². The summed E-state index contributed by atoms with van der Waals surface area (Å²) >= 11 is 11.8. The minimum Gasteiger partial charge on any atom is -0.399 e. The van der Waals surface area contributed by atoms with E-state index in [4.69, 9.17) is 28.9 Å². The van der Waals surface area contributed by atoms with E-state index in [2.05, 4.69) is 0 Å². The molecule has 0 heterocycles. The van der Waals surface area contributed by atoms with Gasteiger partial charge in [0.1, 0.15) is 0 Å². The summed E-state index contributed by atoms with van der Waals surface area (Å²) in [5.74, 6) is -0.445. The van der Waals surface area contributed by atoms with Gasteiger partial charge in [-0.1, -0.05) is 23.2 Å². The average Bonchev–Trinajstić information content (AvgIpc) is 2.39. The highest BCUT2D eigenvalue weighted by Crippen LogP contribution is 2.25. The number of rotatable bonds is 3. The van der Waals surface area contributed by atoms with Crippen molar-refractivity contribution in [2.45, 2.75) is 4.90 Å². The van der Waals surface area contributed by atoms with Gasteiger partial charge in [0.25, 0.3) is 0 Å². The molecule has 2 rings (SSSR count). The zero-order valence-electron chi connectivity index (χ0n) is 10.9. The first-order valence-corrected chi connectivity index (χ1v) is 8.43. The molecular weight excluding hydrogens is 333 g/mol. The molecule has 4 nitrogen and oxygen atoms in total. The third kappa shape index (κ3) is 3.56. The summed E-state index contributed by atoms with van der Waals surface area (Å²) in [6.45, 7) is 0. The average molecular weight is 344 g/mol. The molecule has 110 valence electrons. The SMILES string of the molecule is CS(=O)(=O)c1cc(N)cc(C(=O)c2cc(Cl)ccc2Cl)c1. The van der Waals surface area contributed by atoms with E-state index in [0.29, 0.717) is 5.02 Å². The summed E-state index contributed by atoms with van der Waals surface area (Å²) in [5, 5.41) is 0.586. The molecule has 0 fully saturated rings. The number of halogens is 2. The van der Waals surface area contributed by atoms with Crippen molar-refractivity contribution >= 4 is 44.5 Å². The number of benzene rings is 2. The third-order valence-electron chi connectivity index (χ3n) is 2.79. The molecule has 0 atom stereocenters. The monoisotopic (exact) mass is 343 g/mol. The maximum atomic E-state index is 12.5. The maximum Gasteiger partial charge on any atom is 0.194 e. The number of carbonyl (C=O) groups excluding carboxylic acids is 1. The van der Waals surface area contributed by atoms with E-state index in [-0.39, 0.29) is 26.7 Å². The first-order valence-electron chi connectivity index (χ1n) is 5.79. The lowest BCUT2D eigenvalue weighted by atomic mass is 10.0. The Labute approximate surface area is 132 Å². The Morgan fingerprint density at radius 1 is 1.10 bits per heavy atom. The zero-order valence-corrected chi connectivity index (χ0v) is 13.3. The summed E-state index contributed by atoms with van der Waals surface area (Å²) < 4.78 is 23.2. The van der Waals surface area contributed by atoms with Gasteiger partial charge in [-0.05, 0) is 36.4 Å². The van der Waals surface area contributed by atoms with Crippen LogP contribution >= 0.6 is 23.2 Å². The van der Waals surface area contributed by atoms with Crippen LogP contribution in [0.15, 0.2) is 41.3 Å². The summed E-state index contributed by atoms with van der Waals surface area (Å²) in [6.07, 6.45) is 1.04. The Balaban J connectivity index is 2.59. The van der Waals surface area contributed by atoms with Crippen molar-refractivity contribution in [3.05, 3.63) is 57.6 Å². The minimum atomic E-state index is -3.47. The quantitative estimate of drug-likeness (QED) is 0.685. The second-order valence-electron chi connectivity index (χ2n) is 4.52. The highest BCUT2D eigenvalue weighted by Gasteiger charge is 2.17. The molecule has 0 saturated heterocycles. The molecule has 0 aliphatic carbocycles. The molecule has 21 heavy (non-hydrogen) atoms. The zero-order chi connectivity index (χ0) is 15.8. The first-order chi connectivity index (χ1) is 9.68. The van der Waals surface area contributed by atoms with Gasteiger partial charge in [0.15, 0.2) is 15.6 Å². The van der Waals surface area contributed by atoms with Crippen molar-refractivity contribution in [1.82, 2.24) is 0 Å². The predicted molar refractivity (Wildman–Crippen MR) is 83.9 cm³/mol. The molecule has 2 aromatic carbocycles. The van der Waals surface area contributed by atoms with Crippen LogP contribution in [0.25, 0.3) is 0 Å². The van der Waals surface area contributed by atoms with Gasteiger partial charge in [-0.25, -0.2) is 8.42 Å². The van der Waals surface area contributed by atoms with E-state index >= 15 is 0 Å². The van der Waals surface area contributed by atoms with Gasteiger partial charge in [0, 0.05) is 28.1 Å². The molecule has 0 bridgehead atoms. The molecular formula is C14H11Cl2NO3S. The lowest BCUT2D eigenvalue weighted by molar-refractivity contribution is 0.103. The van der Waals surface area contributed by atoms with Crippen LogP contribution in [-0.4, -0.2) is 20.5 Å². The smallest absolute Gasteiger partial charge is 0.194 e. The number of nitrogens with two attached hydrogens (primary N) is 1. The van der Waals surface area contributed by atoms with E-state index < -0.39 is 15.6 Å². The van der Waals surface area contributed by atoms with Crippen LogP contribution in [0.3, 0.4) is 0 Å². The van der Waals surface area contributed by atoms with Crippen LogP contribution in [0, 0.1) is 0 Å². The van der Waals surface area contributed by atoms with Crippen molar-refractivity contribution in [3.63, 3.8) is 0 Å². The summed E-state index contributed by atoms with van der Waals surface area (Å²) in [4.78, 5) is 12.4. The lowest BCUT2D eigenvalue weighted by Gasteiger charge is -2.07. The number of sulfone groups is 1. The largest absolute Gasteiger partial charge is 0.399 e. The highest BCUT2D eigenvalue weighted by atomic mass is 35.5.